The highest BCUT2D eigenvalue weighted by atomic mass is 14.4. The van der Waals surface area contributed by atoms with E-state index in [1.807, 2.05) is 0 Å². The van der Waals surface area contributed by atoms with E-state index in [0.29, 0.717) is 5.92 Å². The van der Waals surface area contributed by atoms with E-state index in [4.69, 9.17) is 5.26 Å². The maximum atomic E-state index is 8.77. The van der Waals surface area contributed by atoms with Gasteiger partial charge in [-0.3, -0.25) is 0 Å². The summed E-state index contributed by atoms with van der Waals surface area (Å²) in [5, 5.41) is 8.77. The molecule has 0 radical (unpaired) electrons. The van der Waals surface area contributed by atoms with E-state index in [-0.39, 0.29) is 0 Å². The van der Waals surface area contributed by atoms with Crippen LogP contribution in [0, 0.1) is 29.1 Å². The third-order valence-corrected chi connectivity index (χ3v) is 3.64. The second kappa shape index (κ2) is 2.94. The van der Waals surface area contributed by atoms with Gasteiger partial charge < -0.3 is 0 Å². The SMILES string of the molecule is C=C(C#N)C1CC2CCC1CC2. The minimum atomic E-state index is 0.544. The fourth-order valence-corrected chi connectivity index (χ4v) is 2.89. The maximum Gasteiger partial charge on any atom is 0.0943 e. The van der Waals surface area contributed by atoms with E-state index in [1.54, 1.807) is 0 Å². The Kier molecular flexibility index (Phi) is 1.92. The summed E-state index contributed by atoms with van der Waals surface area (Å²) >= 11 is 0. The van der Waals surface area contributed by atoms with Crippen molar-refractivity contribution >= 4 is 0 Å². The lowest BCUT2D eigenvalue weighted by Crippen LogP contribution is -2.31. The average molecular weight is 161 g/mol. The highest BCUT2D eigenvalue weighted by molar-refractivity contribution is 5.22. The van der Waals surface area contributed by atoms with Crippen LogP contribution in [0.3, 0.4) is 0 Å². The topological polar surface area (TPSA) is 23.8 Å². The number of rotatable bonds is 1. The van der Waals surface area contributed by atoms with Crippen LogP contribution in [0.1, 0.15) is 32.1 Å². The van der Waals surface area contributed by atoms with Crippen molar-refractivity contribution in [1.29, 1.82) is 5.26 Å². The van der Waals surface area contributed by atoms with Crippen LogP contribution < -0.4 is 0 Å². The number of hydrogen-bond acceptors (Lipinski definition) is 1. The Morgan fingerprint density at radius 1 is 1.25 bits per heavy atom. The van der Waals surface area contributed by atoms with Gasteiger partial charge in [-0.05, 0) is 37.0 Å². The first-order chi connectivity index (χ1) is 5.81. The molecule has 3 saturated carbocycles. The zero-order valence-electron chi connectivity index (χ0n) is 7.42. The summed E-state index contributed by atoms with van der Waals surface area (Å²) in [4.78, 5) is 0. The normalized spacial score (nSPS) is 39.1. The first kappa shape index (κ1) is 7.86. The predicted octanol–water partition coefficient (Wildman–Crippen LogP) is 2.89. The molecule has 1 heteroatoms. The third kappa shape index (κ3) is 1.16. The summed E-state index contributed by atoms with van der Waals surface area (Å²) in [5.74, 6) is 2.25. The van der Waals surface area contributed by atoms with Crippen LogP contribution in [-0.2, 0) is 0 Å². The molecule has 3 rings (SSSR count). The van der Waals surface area contributed by atoms with Crippen molar-refractivity contribution in [2.75, 3.05) is 0 Å². The fraction of sp³-hybridized carbons (Fsp3) is 0.727. The molecule has 0 amide bonds. The lowest BCUT2D eigenvalue weighted by Gasteiger charge is -2.42. The predicted molar refractivity (Wildman–Crippen MR) is 48.3 cm³/mol. The Morgan fingerprint density at radius 3 is 2.33 bits per heavy atom. The molecule has 2 bridgehead atoms. The number of allylic oxidation sites excluding steroid dienone is 1. The molecule has 1 unspecified atom stereocenters. The minimum absolute atomic E-state index is 0.544. The van der Waals surface area contributed by atoms with Crippen LogP contribution in [0.15, 0.2) is 12.2 Å². The molecule has 0 spiro atoms. The van der Waals surface area contributed by atoms with Crippen LogP contribution in [0.2, 0.25) is 0 Å². The van der Waals surface area contributed by atoms with Gasteiger partial charge in [0.1, 0.15) is 0 Å². The van der Waals surface area contributed by atoms with Crippen molar-refractivity contribution in [2.45, 2.75) is 32.1 Å². The Morgan fingerprint density at radius 2 is 1.92 bits per heavy atom. The van der Waals surface area contributed by atoms with E-state index in [9.17, 15) is 0 Å². The zero-order valence-corrected chi connectivity index (χ0v) is 7.42. The van der Waals surface area contributed by atoms with Crippen molar-refractivity contribution in [3.8, 4) is 6.07 Å². The monoisotopic (exact) mass is 161 g/mol. The molecular weight excluding hydrogens is 146 g/mol. The van der Waals surface area contributed by atoms with Gasteiger partial charge >= 0.3 is 0 Å². The second-order valence-electron chi connectivity index (χ2n) is 4.26. The number of nitriles is 1. The minimum Gasteiger partial charge on any atom is -0.193 e. The van der Waals surface area contributed by atoms with E-state index in [1.165, 1.54) is 32.1 Å². The fourth-order valence-electron chi connectivity index (χ4n) is 2.89. The van der Waals surface area contributed by atoms with Crippen LogP contribution in [0.4, 0.5) is 0 Å². The summed E-state index contributed by atoms with van der Waals surface area (Å²) in [6.45, 7) is 3.85. The summed E-state index contributed by atoms with van der Waals surface area (Å²) in [6, 6.07) is 2.23. The number of fused-ring (bicyclic) bond motifs is 3. The highest BCUT2D eigenvalue weighted by Crippen LogP contribution is 2.47. The summed E-state index contributed by atoms with van der Waals surface area (Å²) < 4.78 is 0. The molecule has 0 N–H and O–H groups in total. The highest BCUT2D eigenvalue weighted by Gasteiger charge is 2.36. The van der Waals surface area contributed by atoms with Gasteiger partial charge in [-0.25, -0.2) is 0 Å². The Labute approximate surface area is 74.1 Å². The van der Waals surface area contributed by atoms with Gasteiger partial charge in [-0.2, -0.15) is 5.26 Å². The van der Waals surface area contributed by atoms with Crippen molar-refractivity contribution in [3.05, 3.63) is 12.2 Å². The second-order valence-corrected chi connectivity index (χ2v) is 4.26. The van der Waals surface area contributed by atoms with Gasteiger partial charge in [0.2, 0.25) is 0 Å². The molecule has 0 aliphatic heterocycles. The van der Waals surface area contributed by atoms with E-state index < -0.39 is 0 Å². The average Bonchev–Trinajstić information content (AvgIpc) is 2.18. The molecule has 3 aliphatic rings. The molecular formula is C11H15N. The largest absolute Gasteiger partial charge is 0.193 e. The molecule has 12 heavy (non-hydrogen) atoms. The summed E-state index contributed by atoms with van der Waals surface area (Å²) in [5.41, 5.74) is 0.837. The maximum absolute atomic E-state index is 8.77. The smallest absolute Gasteiger partial charge is 0.0943 e. The molecule has 1 nitrogen and oxygen atoms in total. The van der Waals surface area contributed by atoms with Crippen LogP contribution in [0.5, 0.6) is 0 Å². The van der Waals surface area contributed by atoms with Gasteiger partial charge in [0.25, 0.3) is 0 Å². The van der Waals surface area contributed by atoms with Crippen LogP contribution >= 0.6 is 0 Å². The summed E-state index contributed by atoms with van der Waals surface area (Å²) in [7, 11) is 0. The molecule has 0 aromatic heterocycles. The molecule has 3 fully saturated rings. The molecule has 0 saturated heterocycles. The quantitative estimate of drug-likeness (QED) is 0.542. The van der Waals surface area contributed by atoms with E-state index >= 15 is 0 Å². The standard InChI is InChI=1S/C11H15N/c1-8(7-12)11-6-9-2-4-10(11)5-3-9/h9-11H,1-6H2. The van der Waals surface area contributed by atoms with Crippen LogP contribution in [0.25, 0.3) is 0 Å². The van der Waals surface area contributed by atoms with Crippen molar-refractivity contribution in [1.82, 2.24) is 0 Å². The van der Waals surface area contributed by atoms with Gasteiger partial charge in [-0.1, -0.05) is 19.4 Å². The molecule has 0 aromatic carbocycles. The Bertz CT molecular complexity index is 228. The Hall–Kier alpha value is -0.770. The zero-order chi connectivity index (χ0) is 8.55. The summed E-state index contributed by atoms with van der Waals surface area (Å²) in [6.07, 6.45) is 6.74. The van der Waals surface area contributed by atoms with Crippen molar-refractivity contribution in [2.24, 2.45) is 17.8 Å². The van der Waals surface area contributed by atoms with Crippen molar-refractivity contribution in [3.63, 3.8) is 0 Å². The first-order valence-electron chi connectivity index (χ1n) is 4.90. The molecule has 3 aliphatic carbocycles. The van der Waals surface area contributed by atoms with Gasteiger partial charge in [0.15, 0.2) is 0 Å². The van der Waals surface area contributed by atoms with Crippen LogP contribution in [-0.4, -0.2) is 0 Å². The van der Waals surface area contributed by atoms with Gasteiger partial charge in [0.05, 0.1) is 6.07 Å². The lowest BCUT2D eigenvalue weighted by molar-refractivity contribution is 0.124. The first-order valence-corrected chi connectivity index (χ1v) is 4.90. The molecule has 64 valence electrons. The van der Waals surface area contributed by atoms with Crippen molar-refractivity contribution < 1.29 is 0 Å². The third-order valence-electron chi connectivity index (χ3n) is 3.64. The molecule has 1 atom stereocenters. The van der Waals surface area contributed by atoms with Gasteiger partial charge in [-0.15, -0.1) is 0 Å². The lowest BCUT2D eigenvalue weighted by atomic mass is 9.63. The van der Waals surface area contributed by atoms with E-state index in [2.05, 4.69) is 12.6 Å². The Balaban J connectivity index is 2.10. The van der Waals surface area contributed by atoms with Gasteiger partial charge in [0, 0.05) is 5.57 Å². The molecule has 0 aromatic rings. The number of hydrogen-bond donors (Lipinski definition) is 0. The number of nitrogens with zero attached hydrogens (tertiary/aromatic N) is 1. The van der Waals surface area contributed by atoms with E-state index in [0.717, 1.165) is 17.4 Å². The molecule has 0 heterocycles.